The van der Waals surface area contributed by atoms with Gasteiger partial charge in [-0.1, -0.05) is 51.1 Å². The van der Waals surface area contributed by atoms with Crippen LogP contribution >= 0.6 is 0 Å². The first kappa shape index (κ1) is 18.7. The molecule has 5 nitrogen and oxygen atoms in total. The van der Waals surface area contributed by atoms with Crippen LogP contribution in [0.2, 0.25) is 18.1 Å². The summed E-state index contributed by atoms with van der Waals surface area (Å²) in [6, 6.07) is 12.1. The summed E-state index contributed by atoms with van der Waals surface area (Å²) in [7, 11) is -2.10. The van der Waals surface area contributed by atoms with E-state index >= 15 is 0 Å². The van der Waals surface area contributed by atoms with Crippen molar-refractivity contribution in [3.63, 3.8) is 0 Å². The van der Waals surface area contributed by atoms with Gasteiger partial charge in [-0.3, -0.25) is 4.35 Å². The van der Waals surface area contributed by atoms with Crippen LogP contribution in [-0.4, -0.2) is 21.8 Å². The van der Waals surface area contributed by atoms with Gasteiger partial charge in [-0.25, -0.2) is 18.8 Å². The molecule has 0 bridgehead atoms. The van der Waals surface area contributed by atoms with E-state index in [0.29, 0.717) is 5.69 Å². The molecule has 1 aliphatic carbocycles. The summed E-state index contributed by atoms with van der Waals surface area (Å²) in [4.78, 5) is 26.9. The number of para-hydroxylation sites is 1. The van der Waals surface area contributed by atoms with Crippen molar-refractivity contribution >= 4 is 8.24 Å². The van der Waals surface area contributed by atoms with E-state index < -0.39 is 8.24 Å². The lowest BCUT2D eigenvalue weighted by atomic mass is 10.0. The first-order chi connectivity index (χ1) is 12.6. The van der Waals surface area contributed by atoms with Crippen LogP contribution in [0.1, 0.15) is 46.1 Å². The van der Waals surface area contributed by atoms with E-state index in [1.165, 1.54) is 4.57 Å². The number of rotatable bonds is 6. The third-order valence-corrected chi connectivity index (χ3v) is 11.2. The van der Waals surface area contributed by atoms with Gasteiger partial charge in [-0.05, 0) is 49.5 Å². The van der Waals surface area contributed by atoms with Crippen molar-refractivity contribution in [1.29, 1.82) is 0 Å². The fourth-order valence-corrected chi connectivity index (χ4v) is 7.77. The minimum atomic E-state index is -2.10. The normalized spacial score (nSPS) is 17.6. The van der Waals surface area contributed by atoms with E-state index in [4.69, 9.17) is 0 Å². The van der Waals surface area contributed by atoms with Crippen LogP contribution in [-0.2, 0) is 0 Å². The van der Waals surface area contributed by atoms with Gasteiger partial charge in [-0.15, -0.1) is 0 Å². The Morgan fingerprint density at radius 3 is 2.19 bits per heavy atom. The SMILES string of the molecule is CC[Si](CC)(CC)n1c(=O)n(-c2ccccc2)c(=O)n1C1C=CCCC1. The number of nitrogens with zero attached hydrogens (tertiary/aromatic N) is 3. The molecule has 0 saturated carbocycles. The summed E-state index contributed by atoms with van der Waals surface area (Å²) in [6.45, 7) is 6.49. The van der Waals surface area contributed by atoms with Gasteiger partial charge in [0, 0.05) is 0 Å². The summed E-state index contributed by atoms with van der Waals surface area (Å²) in [5, 5.41) is 0. The van der Waals surface area contributed by atoms with Crippen molar-refractivity contribution in [2.24, 2.45) is 0 Å². The lowest BCUT2D eigenvalue weighted by Crippen LogP contribution is -2.51. The Labute approximate surface area is 155 Å². The Bertz CT molecular complexity index is 880. The predicted molar refractivity (Wildman–Crippen MR) is 109 cm³/mol. The molecule has 1 atom stereocenters. The smallest absolute Gasteiger partial charge is 0.262 e. The van der Waals surface area contributed by atoms with Gasteiger partial charge in [0.15, 0.2) is 8.24 Å². The minimum Gasteiger partial charge on any atom is -0.262 e. The van der Waals surface area contributed by atoms with Gasteiger partial charge >= 0.3 is 11.4 Å². The summed E-state index contributed by atoms with van der Waals surface area (Å²) in [5.41, 5.74) is 0.281. The summed E-state index contributed by atoms with van der Waals surface area (Å²) in [6.07, 6.45) is 7.26. The van der Waals surface area contributed by atoms with E-state index in [1.54, 1.807) is 4.68 Å². The Balaban J connectivity index is 2.35. The zero-order chi connectivity index (χ0) is 18.7. The zero-order valence-electron chi connectivity index (χ0n) is 16.0. The van der Waals surface area contributed by atoms with Crippen LogP contribution in [0.4, 0.5) is 0 Å². The van der Waals surface area contributed by atoms with Crippen LogP contribution in [0.3, 0.4) is 0 Å². The Morgan fingerprint density at radius 1 is 1.00 bits per heavy atom. The highest BCUT2D eigenvalue weighted by molar-refractivity contribution is 6.77. The second-order valence-corrected chi connectivity index (χ2v) is 12.1. The highest BCUT2D eigenvalue weighted by atomic mass is 28.3. The van der Waals surface area contributed by atoms with E-state index in [1.807, 2.05) is 34.7 Å². The van der Waals surface area contributed by atoms with Crippen molar-refractivity contribution in [2.75, 3.05) is 0 Å². The Morgan fingerprint density at radius 2 is 1.65 bits per heavy atom. The molecule has 26 heavy (non-hydrogen) atoms. The Kier molecular flexibility index (Phi) is 5.51. The van der Waals surface area contributed by atoms with Gasteiger partial charge < -0.3 is 0 Å². The molecule has 1 aromatic heterocycles. The highest BCUT2D eigenvalue weighted by Crippen LogP contribution is 2.26. The summed E-state index contributed by atoms with van der Waals surface area (Å²) in [5.74, 6) is 0. The second kappa shape index (κ2) is 7.66. The number of aromatic nitrogens is 3. The quantitative estimate of drug-likeness (QED) is 0.570. The first-order valence-corrected chi connectivity index (χ1v) is 12.4. The van der Waals surface area contributed by atoms with Gasteiger partial charge in [0.1, 0.15) is 0 Å². The highest BCUT2D eigenvalue weighted by Gasteiger charge is 2.37. The molecule has 6 heteroatoms. The molecule has 2 aromatic rings. The number of hydrogen-bond acceptors (Lipinski definition) is 2. The van der Waals surface area contributed by atoms with Crippen LogP contribution in [0.15, 0.2) is 52.1 Å². The van der Waals surface area contributed by atoms with Gasteiger partial charge in [0.05, 0.1) is 11.7 Å². The molecule has 0 fully saturated rings. The van der Waals surface area contributed by atoms with E-state index in [2.05, 4.69) is 32.9 Å². The van der Waals surface area contributed by atoms with Crippen LogP contribution in [0.5, 0.6) is 0 Å². The average Bonchev–Trinajstić information content (AvgIpc) is 2.96. The monoisotopic (exact) mass is 371 g/mol. The third-order valence-electron chi connectivity index (χ3n) is 5.96. The minimum absolute atomic E-state index is 0.0227. The fourth-order valence-electron chi connectivity index (χ4n) is 4.17. The predicted octanol–water partition coefficient (Wildman–Crippen LogP) is 3.94. The van der Waals surface area contributed by atoms with Crippen molar-refractivity contribution in [2.45, 2.75) is 64.2 Å². The molecule has 1 heterocycles. The van der Waals surface area contributed by atoms with Gasteiger partial charge in [-0.2, -0.15) is 0 Å². The van der Waals surface area contributed by atoms with Gasteiger partial charge in [0.25, 0.3) is 0 Å². The molecule has 140 valence electrons. The fraction of sp³-hybridized carbons (Fsp3) is 0.500. The molecule has 1 aromatic carbocycles. The molecule has 1 aliphatic rings. The van der Waals surface area contributed by atoms with Crippen molar-refractivity contribution in [1.82, 2.24) is 13.6 Å². The molecule has 0 spiro atoms. The average molecular weight is 372 g/mol. The number of benzene rings is 1. The lowest BCUT2D eigenvalue weighted by molar-refractivity contribution is 0.432. The molecule has 0 N–H and O–H groups in total. The van der Waals surface area contributed by atoms with Crippen molar-refractivity contribution < 1.29 is 0 Å². The molecular formula is C20H29N3O2Si. The maximum absolute atomic E-state index is 13.5. The largest absolute Gasteiger partial charge is 0.351 e. The molecule has 1 unspecified atom stereocenters. The lowest BCUT2D eigenvalue weighted by Gasteiger charge is -2.32. The molecular weight excluding hydrogens is 342 g/mol. The van der Waals surface area contributed by atoms with Crippen LogP contribution in [0.25, 0.3) is 5.69 Å². The van der Waals surface area contributed by atoms with Crippen LogP contribution in [0, 0.1) is 0 Å². The van der Waals surface area contributed by atoms with E-state index in [-0.39, 0.29) is 17.4 Å². The zero-order valence-corrected chi connectivity index (χ0v) is 17.0. The standard InChI is InChI=1S/C20H29N3O2Si/c1-4-26(5-2,6-3)23-20(25)21(17-13-9-7-10-14-17)19(24)22(23)18-15-11-8-12-16-18/h7,9-11,13-15,18H,4-6,8,12,16H2,1-3H3. The summed E-state index contributed by atoms with van der Waals surface area (Å²) < 4.78 is 5.06. The maximum atomic E-state index is 13.5. The molecule has 3 rings (SSSR count). The Hall–Kier alpha value is -2.08. The molecule has 0 radical (unpaired) electrons. The summed E-state index contributed by atoms with van der Waals surface area (Å²) >= 11 is 0. The van der Waals surface area contributed by atoms with Crippen molar-refractivity contribution in [3.05, 3.63) is 63.5 Å². The van der Waals surface area contributed by atoms with Crippen LogP contribution < -0.4 is 11.4 Å². The van der Waals surface area contributed by atoms with Gasteiger partial charge in [0.2, 0.25) is 0 Å². The third kappa shape index (κ3) is 2.96. The first-order valence-electron chi connectivity index (χ1n) is 9.78. The molecule has 0 aliphatic heterocycles. The molecule has 0 saturated heterocycles. The number of allylic oxidation sites excluding steroid dienone is 2. The topological polar surface area (TPSA) is 48.9 Å². The van der Waals surface area contributed by atoms with Crippen molar-refractivity contribution in [3.8, 4) is 5.69 Å². The molecule has 0 amide bonds. The maximum Gasteiger partial charge on any atom is 0.351 e. The van der Waals surface area contributed by atoms with E-state index in [0.717, 1.165) is 37.4 Å². The van der Waals surface area contributed by atoms with E-state index in [9.17, 15) is 9.59 Å². The second-order valence-electron chi connectivity index (χ2n) is 7.10. The number of hydrogen-bond donors (Lipinski definition) is 0.